The van der Waals surface area contributed by atoms with Gasteiger partial charge in [-0.05, 0) is 19.1 Å². The molecule has 28 heavy (non-hydrogen) atoms. The van der Waals surface area contributed by atoms with Crippen LogP contribution in [-0.2, 0) is 10.0 Å². The van der Waals surface area contributed by atoms with Crippen LogP contribution in [0, 0.1) is 0 Å². The van der Waals surface area contributed by atoms with Crippen molar-refractivity contribution in [2.24, 2.45) is 0 Å². The third-order valence-corrected chi connectivity index (χ3v) is 4.49. The number of nitrogens with one attached hydrogen (secondary N) is 2. The van der Waals surface area contributed by atoms with Crippen molar-refractivity contribution in [3.8, 4) is 17.8 Å². The lowest BCUT2D eigenvalue weighted by molar-refractivity contribution is 0.256. The number of hydrogen-bond acceptors (Lipinski definition) is 9. The van der Waals surface area contributed by atoms with Gasteiger partial charge in [0.2, 0.25) is 5.95 Å². The lowest BCUT2D eigenvalue weighted by atomic mass is 10.3. The highest BCUT2D eigenvalue weighted by Crippen LogP contribution is 2.23. The van der Waals surface area contributed by atoms with E-state index in [0.717, 1.165) is 0 Å². The van der Waals surface area contributed by atoms with E-state index in [-0.39, 0.29) is 35.2 Å². The number of para-hydroxylation sites is 1. The van der Waals surface area contributed by atoms with Crippen LogP contribution in [0.2, 0.25) is 0 Å². The number of hydrogen-bond donors (Lipinski definition) is 2. The number of carbonyl (C=O) groups is 1. The Hall–Kier alpha value is -3.41. The molecule has 2 N–H and O–H groups in total. The minimum atomic E-state index is -4.22. The first kappa shape index (κ1) is 20.9. The van der Waals surface area contributed by atoms with Crippen molar-refractivity contribution in [3.05, 3.63) is 36.4 Å². The van der Waals surface area contributed by atoms with Crippen LogP contribution < -0.4 is 24.2 Å². The van der Waals surface area contributed by atoms with Crippen molar-refractivity contribution in [1.82, 2.24) is 19.7 Å². The van der Waals surface area contributed by atoms with Gasteiger partial charge in [-0.1, -0.05) is 24.3 Å². The molecule has 2 aromatic rings. The second kappa shape index (κ2) is 9.50. The zero-order valence-electron chi connectivity index (χ0n) is 15.4. The van der Waals surface area contributed by atoms with Crippen molar-refractivity contribution in [1.29, 1.82) is 0 Å². The first-order chi connectivity index (χ1) is 13.4. The van der Waals surface area contributed by atoms with Gasteiger partial charge in [-0.15, -0.1) is 4.98 Å². The van der Waals surface area contributed by atoms with Crippen LogP contribution >= 0.6 is 0 Å². The Morgan fingerprint density at radius 1 is 1.11 bits per heavy atom. The second-order valence-corrected chi connectivity index (χ2v) is 6.67. The fourth-order valence-electron chi connectivity index (χ4n) is 1.91. The van der Waals surface area contributed by atoms with E-state index in [4.69, 9.17) is 14.2 Å². The molecule has 0 atom stereocenters. The van der Waals surface area contributed by atoms with Crippen LogP contribution in [0.5, 0.6) is 17.8 Å². The van der Waals surface area contributed by atoms with Crippen molar-refractivity contribution in [2.45, 2.75) is 11.8 Å². The van der Waals surface area contributed by atoms with Gasteiger partial charge in [0.05, 0.1) is 14.2 Å². The predicted molar refractivity (Wildman–Crippen MR) is 99.0 cm³/mol. The van der Waals surface area contributed by atoms with Crippen LogP contribution in [0.4, 0.5) is 10.7 Å². The van der Waals surface area contributed by atoms with Gasteiger partial charge in [-0.2, -0.15) is 9.97 Å². The summed E-state index contributed by atoms with van der Waals surface area (Å²) in [5.74, 6) is -0.154. The summed E-state index contributed by atoms with van der Waals surface area (Å²) in [4.78, 5) is 23.3. The summed E-state index contributed by atoms with van der Waals surface area (Å²) < 4.78 is 42.1. The number of sulfonamides is 1. The molecule has 1 aromatic carbocycles. The number of rotatable bonds is 8. The molecule has 150 valence electrons. The first-order valence-corrected chi connectivity index (χ1v) is 9.38. The SMILES string of the molecule is C/C=C/COc1ccccc1S(=O)(=O)NC(=O)Nc1nc(OC)nc(OC)n1. The minimum absolute atomic E-state index is 0.101. The van der Waals surface area contributed by atoms with Gasteiger partial charge in [-0.25, -0.2) is 17.9 Å². The molecule has 0 radical (unpaired) electrons. The van der Waals surface area contributed by atoms with Gasteiger partial charge < -0.3 is 14.2 Å². The third-order valence-electron chi connectivity index (χ3n) is 3.12. The highest BCUT2D eigenvalue weighted by atomic mass is 32.2. The van der Waals surface area contributed by atoms with E-state index >= 15 is 0 Å². The number of methoxy groups -OCH3 is 2. The molecule has 0 aliphatic heterocycles. The van der Waals surface area contributed by atoms with Gasteiger partial charge >= 0.3 is 18.1 Å². The maximum absolute atomic E-state index is 12.6. The van der Waals surface area contributed by atoms with Crippen molar-refractivity contribution in [3.63, 3.8) is 0 Å². The maximum Gasteiger partial charge on any atom is 0.335 e. The van der Waals surface area contributed by atoms with E-state index in [0.29, 0.717) is 0 Å². The molecule has 0 aliphatic carbocycles. The van der Waals surface area contributed by atoms with Crippen LogP contribution in [0.15, 0.2) is 41.3 Å². The highest BCUT2D eigenvalue weighted by Gasteiger charge is 2.22. The summed E-state index contributed by atoms with van der Waals surface area (Å²) in [7, 11) is -1.60. The molecule has 2 rings (SSSR count). The van der Waals surface area contributed by atoms with Crippen molar-refractivity contribution >= 4 is 22.0 Å². The van der Waals surface area contributed by atoms with Crippen molar-refractivity contribution in [2.75, 3.05) is 26.1 Å². The molecule has 0 saturated heterocycles. The Bertz CT molecular complexity index is 941. The Kier molecular flexibility index (Phi) is 7.09. The highest BCUT2D eigenvalue weighted by molar-refractivity contribution is 7.90. The van der Waals surface area contributed by atoms with Gasteiger partial charge in [0.25, 0.3) is 10.0 Å². The normalized spacial score (nSPS) is 11.1. The number of carbonyl (C=O) groups excluding carboxylic acids is 1. The summed E-state index contributed by atoms with van der Waals surface area (Å²) >= 11 is 0. The number of nitrogens with zero attached hydrogens (tertiary/aromatic N) is 3. The molecular formula is C16H19N5O6S. The van der Waals surface area contributed by atoms with Crippen molar-refractivity contribution < 1.29 is 27.4 Å². The number of aromatic nitrogens is 3. The summed E-state index contributed by atoms with van der Waals surface area (Å²) in [6.45, 7) is 1.99. The van der Waals surface area contributed by atoms with Crippen LogP contribution in [0.25, 0.3) is 0 Å². The molecule has 0 aliphatic rings. The number of anilines is 1. The van der Waals surface area contributed by atoms with Gasteiger partial charge in [0.1, 0.15) is 17.3 Å². The van der Waals surface area contributed by atoms with E-state index in [2.05, 4.69) is 20.3 Å². The summed E-state index contributed by atoms with van der Waals surface area (Å²) in [6, 6.07) is 4.61. The van der Waals surface area contributed by atoms with E-state index in [1.54, 1.807) is 18.2 Å². The topological polar surface area (TPSA) is 142 Å². The number of ether oxygens (including phenoxy) is 3. The molecule has 12 heteroatoms. The Morgan fingerprint density at radius 3 is 2.36 bits per heavy atom. The fourth-order valence-corrected chi connectivity index (χ4v) is 2.96. The second-order valence-electron chi connectivity index (χ2n) is 5.02. The zero-order valence-corrected chi connectivity index (χ0v) is 16.2. The van der Waals surface area contributed by atoms with E-state index in [1.165, 1.54) is 32.4 Å². The summed E-state index contributed by atoms with van der Waals surface area (Å²) in [6.07, 6.45) is 3.48. The standard InChI is InChI=1S/C16H19N5O6S/c1-4-5-10-27-11-8-6-7-9-12(11)28(23,24)21-14(22)17-13-18-15(25-2)20-16(19-13)26-3/h4-9H,10H2,1-3H3,(H2,17,18,19,20,21,22)/b5-4+. The quantitative estimate of drug-likeness (QED) is 0.618. The largest absolute Gasteiger partial charge is 0.488 e. The monoisotopic (exact) mass is 409 g/mol. The molecule has 2 amide bonds. The minimum Gasteiger partial charge on any atom is -0.488 e. The smallest absolute Gasteiger partial charge is 0.335 e. The van der Waals surface area contributed by atoms with E-state index in [1.807, 2.05) is 11.6 Å². The van der Waals surface area contributed by atoms with Crippen LogP contribution in [-0.4, -0.2) is 50.2 Å². The predicted octanol–water partition coefficient (Wildman–Crippen LogP) is 1.35. The van der Waals surface area contributed by atoms with Gasteiger partial charge in [0, 0.05) is 0 Å². The lowest BCUT2D eigenvalue weighted by Crippen LogP contribution is -2.35. The Balaban J connectivity index is 2.17. The van der Waals surface area contributed by atoms with Gasteiger partial charge in [0.15, 0.2) is 0 Å². The molecule has 0 saturated carbocycles. The molecule has 0 bridgehead atoms. The third kappa shape index (κ3) is 5.54. The number of amides is 2. The van der Waals surface area contributed by atoms with E-state index in [9.17, 15) is 13.2 Å². The van der Waals surface area contributed by atoms with Crippen LogP contribution in [0.1, 0.15) is 6.92 Å². The lowest BCUT2D eigenvalue weighted by Gasteiger charge is -2.12. The maximum atomic E-state index is 12.6. The Labute approximate surface area is 161 Å². The van der Waals surface area contributed by atoms with E-state index < -0.39 is 16.1 Å². The molecule has 0 unspecified atom stereocenters. The summed E-state index contributed by atoms with van der Waals surface area (Å²) in [5.41, 5.74) is 0. The average molecular weight is 409 g/mol. The Morgan fingerprint density at radius 2 is 1.75 bits per heavy atom. The first-order valence-electron chi connectivity index (χ1n) is 7.90. The molecule has 1 heterocycles. The summed E-state index contributed by atoms with van der Waals surface area (Å²) in [5, 5.41) is 2.19. The molecule has 1 aromatic heterocycles. The van der Waals surface area contributed by atoms with Gasteiger partial charge in [-0.3, -0.25) is 5.32 Å². The number of allylic oxidation sites excluding steroid dienone is 1. The average Bonchev–Trinajstić information content (AvgIpc) is 2.67. The number of urea groups is 1. The molecular weight excluding hydrogens is 390 g/mol. The molecule has 0 fully saturated rings. The molecule has 11 nitrogen and oxygen atoms in total. The fraction of sp³-hybridized carbons (Fsp3) is 0.250. The van der Waals surface area contributed by atoms with Crippen LogP contribution in [0.3, 0.4) is 0 Å². The number of benzene rings is 1. The zero-order chi connectivity index (χ0) is 20.6. The molecule has 0 spiro atoms.